The summed E-state index contributed by atoms with van der Waals surface area (Å²) in [7, 11) is 2.22. The Balaban J connectivity index is 1.32. The van der Waals surface area contributed by atoms with E-state index in [0.29, 0.717) is 18.0 Å². The highest BCUT2D eigenvalue weighted by Crippen LogP contribution is 2.34. The normalized spacial score (nSPS) is 25.8. The maximum atomic E-state index is 5.18. The van der Waals surface area contributed by atoms with E-state index in [1.165, 1.54) is 36.3 Å². The average Bonchev–Trinajstić information content (AvgIpc) is 3.21. The van der Waals surface area contributed by atoms with E-state index in [1.54, 1.807) is 0 Å². The molecule has 0 radical (unpaired) electrons. The van der Waals surface area contributed by atoms with Crippen LogP contribution >= 0.6 is 0 Å². The van der Waals surface area contributed by atoms with Gasteiger partial charge in [-0.15, -0.1) is 0 Å². The minimum absolute atomic E-state index is 0.302. The fourth-order valence-electron chi connectivity index (χ4n) is 5.68. The molecule has 3 aliphatic heterocycles. The van der Waals surface area contributed by atoms with E-state index in [-0.39, 0.29) is 0 Å². The molecular weight excluding hydrogens is 396 g/mol. The van der Waals surface area contributed by atoms with E-state index in [1.807, 2.05) is 6.20 Å². The van der Waals surface area contributed by atoms with Gasteiger partial charge < -0.3 is 14.7 Å². The molecule has 32 heavy (non-hydrogen) atoms. The molecule has 1 fully saturated rings. The SMILES string of the molecule is CC(C)CN(CC1CN2C(N3CCN(C)CC3)=CC=CC2=N1)[C@H]1CCCc2cccnc21. The van der Waals surface area contributed by atoms with Crippen molar-refractivity contribution >= 4 is 5.84 Å². The van der Waals surface area contributed by atoms with Gasteiger partial charge in [-0.2, -0.15) is 0 Å². The summed E-state index contributed by atoms with van der Waals surface area (Å²) in [6.45, 7) is 12.2. The van der Waals surface area contributed by atoms with Crippen molar-refractivity contribution in [2.45, 2.75) is 45.2 Å². The highest BCUT2D eigenvalue weighted by molar-refractivity contribution is 5.96. The Morgan fingerprint density at radius 2 is 2.03 bits per heavy atom. The van der Waals surface area contributed by atoms with Crippen LogP contribution < -0.4 is 0 Å². The Hall–Kier alpha value is -2.18. The third-order valence-electron chi connectivity index (χ3n) is 7.23. The van der Waals surface area contributed by atoms with Gasteiger partial charge in [0.25, 0.3) is 0 Å². The lowest BCUT2D eigenvalue weighted by Crippen LogP contribution is -2.49. The van der Waals surface area contributed by atoms with Gasteiger partial charge in [0.1, 0.15) is 11.7 Å². The number of rotatable bonds is 6. The number of nitrogens with zero attached hydrogens (tertiary/aromatic N) is 6. The van der Waals surface area contributed by atoms with Crippen molar-refractivity contribution in [2.75, 3.05) is 52.9 Å². The Kier molecular flexibility index (Phi) is 6.33. The Labute approximate surface area is 193 Å². The molecule has 0 aromatic carbocycles. The van der Waals surface area contributed by atoms with E-state index in [4.69, 9.17) is 9.98 Å². The molecule has 1 saturated heterocycles. The number of piperazine rings is 1. The fraction of sp³-hybridized carbons (Fsp3) is 0.615. The molecule has 5 rings (SSSR count). The van der Waals surface area contributed by atoms with Crippen molar-refractivity contribution in [3.8, 4) is 0 Å². The second-order valence-corrected chi connectivity index (χ2v) is 10.2. The molecular formula is C26H38N6. The summed E-state index contributed by atoms with van der Waals surface area (Å²) in [5.41, 5.74) is 2.75. The molecule has 4 heterocycles. The van der Waals surface area contributed by atoms with Gasteiger partial charge in [0.2, 0.25) is 0 Å². The standard InChI is InChI=1S/C26H38N6/c1-20(2)17-31(23-9-4-7-21-8-6-12-27-26(21)23)18-22-19-32-24(28-22)10-5-11-25(32)30-15-13-29(3)14-16-30/h5-6,8,10-12,20,22-23H,4,7,9,13-19H2,1-3H3/t22?,23-/m0/s1. The van der Waals surface area contributed by atoms with Gasteiger partial charge in [-0.05, 0) is 56.0 Å². The molecule has 1 aromatic rings. The molecule has 6 nitrogen and oxygen atoms in total. The van der Waals surface area contributed by atoms with E-state index < -0.39 is 0 Å². The quantitative estimate of drug-likeness (QED) is 0.688. The summed E-state index contributed by atoms with van der Waals surface area (Å²) in [6, 6.07) is 5.09. The number of hydrogen-bond acceptors (Lipinski definition) is 6. The number of amidine groups is 1. The first-order valence-electron chi connectivity index (χ1n) is 12.4. The van der Waals surface area contributed by atoms with Crippen LogP contribution in [0.5, 0.6) is 0 Å². The van der Waals surface area contributed by atoms with Gasteiger partial charge in [-0.25, -0.2) is 0 Å². The number of aliphatic imine (C=N–C) groups is 1. The smallest absolute Gasteiger partial charge is 0.129 e. The zero-order valence-electron chi connectivity index (χ0n) is 20.0. The molecule has 172 valence electrons. The number of aromatic nitrogens is 1. The van der Waals surface area contributed by atoms with E-state index in [2.05, 4.69) is 70.9 Å². The molecule has 0 N–H and O–H groups in total. The van der Waals surface area contributed by atoms with Crippen molar-refractivity contribution < 1.29 is 0 Å². The van der Waals surface area contributed by atoms with Crippen LogP contribution in [0.3, 0.4) is 0 Å². The molecule has 0 amide bonds. The first-order valence-corrected chi connectivity index (χ1v) is 12.4. The monoisotopic (exact) mass is 434 g/mol. The molecule has 1 aromatic heterocycles. The molecule has 6 heteroatoms. The highest BCUT2D eigenvalue weighted by atomic mass is 15.4. The van der Waals surface area contributed by atoms with E-state index >= 15 is 0 Å². The van der Waals surface area contributed by atoms with Gasteiger partial charge in [0, 0.05) is 52.0 Å². The predicted molar refractivity (Wildman–Crippen MR) is 131 cm³/mol. The summed E-state index contributed by atoms with van der Waals surface area (Å²) in [4.78, 5) is 20.1. The number of hydrogen-bond donors (Lipinski definition) is 0. The first-order chi connectivity index (χ1) is 15.6. The molecule has 0 bridgehead atoms. The predicted octanol–water partition coefficient (Wildman–Crippen LogP) is 3.16. The number of fused-ring (bicyclic) bond motifs is 2. The number of allylic oxidation sites excluding steroid dienone is 2. The second-order valence-electron chi connectivity index (χ2n) is 10.2. The van der Waals surface area contributed by atoms with Crippen LogP contribution in [0.2, 0.25) is 0 Å². The molecule has 1 aliphatic carbocycles. The zero-order chi connectivity index (χ0) is 22.1. The molecule has 2 atom stereocenters. The highest BCUT2D eigenvalue weighted by Gasteiger charge is 2.34. The maximum absolute atomic E-state index is 5.18. The van der Waals surface area contributed by atoms with Gasteiger partial charge in [-0.1, -0.05) is 26.0 Å². The molecule has 0 spiro atoms. The Morgan fingerprint density at radius 3 is 2.84 bits per heavy atom. The topological polar surface area (TPSA) is 38.2 Å². The van der Waals surface area contributed by atoms with Gasteiger partial charge in [-0.3, -0.25) is 14.9 Å². The average molecular weight is 435 g/mol. The van der Waals surface area contributed by atoms with Crippen LogP contribution in [0.15, 0.2) is 47.4 Å². The first kappa shape index (κ1) is 21.7. The minimum Gasteiger partial charge on any atom is -0.355 e. The van der Waals surface area contributed by atoms with Gasteiger partial charge in [0.05, 0.1) is 17.8 Å². The van der Waals surface area contributed by atoms with Crippen molar-refractivity contribution in [2.24, 2.45) is 10.9 Å². The zero-order valence-corrected chi connectivity index (χ0v) is 20.0. The Bertz CT molecular complexity index is 895. The largest absolute Gasteiger partial charge is 0.355 e. The van der Waals surface area contributed by atoms with Crippen molar-refractivity contribution in [1.29, 1.82) is 0 Å². The minimum atomic E-state index is 0.302. The molecule has 4 aliphatic rings. The van der Waals surface area contributed by atoms with Crippen molar-refractivity contribution in [1.82, 2.24) is 24.6 Å². The number of likely N-dealkylation sites (N-methyl/N-ethyl adjacent to an activating group) is 1. The molecule has 1 unspecified atom stereocenters. The lowest BCUT2D eigenvalue weighted by molar-refractivity contribution is 0.139. The third kappa shape index (κ3) is 4.48. The lowest BCUT2D eigenvalue weighted by Gasteiger charge is -2.40. The van der Waals surface area contributed by atoms with Gasteiger partial charge in [0.15, 0.2) is 0 Å². The Morgan fingerprint density at radius 1 is 1.19 bits per heavy atom. The second kappa shape index (κ2) is 9.36. The summed E-state index contributed by atoms with van der Waals surface area (Å²) < 4.78 is 0. The van der Waals surface area contributed by atoms with Crippen molar-refractivity contribution in [3.63, 3.8) is 0 Å². The summed E-state index contributed by atoms with van der Waals surface area (Å²) >= 11 is 0. The fourth-order valence-corrected chi connectivity index (χ4v) is 5.68. The van der Waals surface area contributed by atoms with Crippen LogP contribution in [0, 0.1) is 5.92 Å². The van der Waals surface area contributed by atoms with Crippen molar-refractivity contribution in [3.05, 3.63) is 53.6 Å². The lowest BCUT2D eigenvalue weighted by atomic mass is 9.90. The van der Waals surface area contributed by atoms with Crippen LogP contribution in [-0.2, 0) is 6.42 Å². The van der Waals surface area contributed by atoms with Gasteiger partial charge >= 0.3 is 0 Å². The maximum Gasteiger partial charge on any atom is 0.129 e. The number of pyridine rings is 1. The summed E-state index contributed by atoms with van der Waals surface area (Å²) in [5.74, 6) is 3.10. The van der Waals surface area contributed by atoms with Crippen LogP contribution in [0.25, 0.3) is 0 Å². The summed E-state index contributed by atoms with van der Waals surface area (Å²) in [5, 5.41) is 0. The van der Waals surface area contributed by atoms with E-state index in [0.717, 1.165) is 51.6 Å². The van der Waals surface area contributed by atoms with Crippen LogP contribution in [0.1, 0.15) is 44.0 Å². The summed E-state index contributed by atoms with van der Waals surface area (Å²) in [6.07, 6.45) is 12.2. The number of aryl methyl sites for hydroxylation is 1. The third-order valence-corrected chi connectivity index (χ3v) is 7.23. The van der Waals surface area contributed by atoms with Crippen LogP contribution in [-0.4, -0.2) is 89.3 Å². The van der Waals surface area contributed by atoms with Crippen LogP contribution in [0.4, 0.5) is 0 Å². The van der Waals surface area contributed by atoms with E-state index in [9.17, 15) is 0 Å². The molecule has 0 saturated carbocycles.